The molecule has 0 bridgehead atoms. The molecule has 0 fully saturated rings. The lowest BCUT2D eigenvalue weighted by molar-refractivity contribution is 0.594. The highest BCUT2D eigenvalue weighted by Crippen LogP contribution is 2.36. The SMILES string of the molecule is CSC(Cl)(Cc1ccccc1)S(C)(=O)=O. The topological polar surface area (TPSA) is 34.1 Å². The van der Waals surface area contributed by atoms with Gasteiger partial charge in [-0.25, -0.2) is 8.42 Å². The van der Waals surface area contributed by atoms with Crippen molar-refractivity contribution in [1.82, 2.24) is 0 Å². The van der Waals surface area contributed by atoms with Gasteiger partial charge in [-0.15, -0.1) is 11.8 Å². The quantitative estimate of drug-likeness (QED) is 0.784. The molecule has 5 heteroatoms. The Balaban J connectivity index is 2.97. The lowest BCUT2D eigenvalue weighted by Crippen LogP contribution is -2.30. The highest BCUT2D eigenvalue weighted by Gasteiger charge is 2.37. The smallest absolute Gasteiger partial charge is 0.194 e. The average molecular weight is 265 g/mol. The van der Waals surface area contributed by atoms with Gasteiger partial charge in [0, 0.05) is 12.7 Å². The van der Waals surface area contributed by atoms with Crippen LogP contribution in [0.4, 0.5) is 0 Å². The second kappa shape index (κ2) is 4.76. The fraction of sp³-hybridized carbons (Fsp3) is 0.400. The molecule has 0 aliphatic rings. The van der Waals surface area contributed by atoms with Gasteiger partial charge in [0.1, 0.15) is 0 Å². The molecule has 0 amide bonds. The zero-order valence-electron chi connectivity index (χ0n) is 8.60. The van der Waals surface area contributed by atoms with Crippen LogP contribution in [0.25, 0.3) is 0 Å². The molecule has 1 rings (SSSR count). The van der Waals surface area contributed by atoms with E-state index in [-0.39, 0.29) is 0 Å². The van der Waals surface area contributed by atoms with Gasteiger partial charge >= 0.3 is 0 Å². The maximum atomic E-state index is 11.5. The van der Waals surface area contributed by atoms with E-state index in [1.54, 1.807) is 6.26 Å². The van der Waals surface area contributed by atoms with Crippen molar-refractivity contribution in [3.05, 3.63) is 35.9 Å². The third-order valence-electron chi connectivity index (χ3n) is 2.12. The number of sulfone groups is 1. The van der Waals surface area contributed by atoms with Crippen molar-refractivity contribution >= 4 is 33.2 Å². The van der Waals surface area contributed by atoms with E-state index in [0.717, 1.165) is 17.3 Å². The van der Waals surface area contributed by atoms with Crippen molar-refractivity contribution in [2.45, 2.75) is 9.96 Å². The Bertz CT molecular complexity index is 416. The van der Waals surface area contributed by atoms with E-state index in [0.29, 0.717) is 6.42 Å². The van der Waals surface area contributed by atoms with Crippen LogP contribution in [-0.4, -0.2) is 24.5 Å². The van der Waals surface area contributed by atoms with Crippen molar-refractivity contribution in [3.63, 3.8) is 0 Å². The van der Waals surface area contributed by atoms with Gasteiger partial charge in [-0.05, 0) is 11.8 Å². The molecule has 1 aromatic rings. The van der Waals surface area contributed by atoms with Crippen molar-refractivity contribution in [2.24, 2.45) is 0 Å². The van der Waals surface area contributed by atoms with Crippen LogP contribution in [0.15, 0.2) is 30.3 Å². The number of hydrogen-bond acceptors (Lipinski definition) is 3. The van der Waals surface area contributed by atoms with Gasteiger partial charge in [0.15, 0.2) is 13.4 Å². The van der Waals surface area contributed by atoms with E-state index < -0.39 is 13.4 Å². The van der Waals surface area contributed by atoms with Gasteiger partial charge in [0.25, 0.3) is 0 Å². The monoisotopic (exact) mass is 264 g/mol. The summed E-state index contributed by atoms with van der Waals surface area (Å²) in [6.07, 6.45) is 3.19. The lowest BCUT2D eigenvalue weighted by Gasteiger charge is -2.22. The van der Waals surface area contributed by atoms with E-state index >= 15 is 0 Å². The summed E-state index contributed by atoms with van der Waals surface area (Å²) in [5, 5.41) is 0. The molecule has 1 unspecified atom stereocenters. The minimum Gasteiger partial charge on any atom is -0.226 e. The minimum atomic E-state index is -3.28. The molecule has 0 aliphatic heterocycles. The first kappa shape index (κ1) is 12.9. The van der Waals surface area contributed by atoms with Gasteiger partial charge in [0.05, 0.1) is 0 Å². The van der Waals surface area contributed by atoms with Crippen LogP contribution in [0.1, 0.15) is 5.56 Å². The molecule has 84 valence electrons. The first-order valence-electron chi connectivity index (χ1n) is 4.36. The minimum absolute atomic E-state index is 0.315. The molecule has 0 radical (unpaired) electrons. The summed E-state index contributed by atoms with van der Waals surface area (Å²) in [5.41, 5.74) is 0.923. The summed E-state index contributed by atoms with van der Waals surface area (Å²) in [4.78, 5) is 0. The van der Waals surface area contributed by atoms with Crippen molar-refractivity contribution in [1.29, 1.82) is 0 Å². The summed E-state index contributed by atoms with van der Waals surface area (Å²) in [5.74, 6) is 0. The summed E-state index contributed by atoms with van der Waals surface area (Å²) in [6.45, 7) is 0. The molecule has 2 nitrogen and oxygen atoms in total. The van der Waals surface area contributed by atoms with Crippen LogP contribution < -0.4 is 0 Å². The second-order valence-corrected chi connectivity index (χ2v) is 8.00. The number of hydrogen-bond donors (Lipinski definition) is 0. The number of halogens is 1. The number of thioether (sulfide) groups is 1. The molecule has 0 saturated carbocycles. The molecule has 0 N–H and O–H groups in total. The fourth-order valence-corrected chi connectivity index (χ4v) is 3.30. The van der Waals surface area contributed by atoms with Gasteiger partial charge in [-0.3, -0.25) is 0 Å². The average Bonchev–Trinajstić information content (AvgIpc) is 2.17. The summed E-state index contributed by atoms with van der Waals surface area (Å²) >= 11 is 7.26. The molecule has 15 heavy (non-hydrogen) atoms. The fourth-order valence-electron chi connectivity index (χ4n) is 1.19. The van der Waals surface area contributed by atoms with Crippen LogP contribution in [-0.2, 0) is 16.3 Å². The van der Waals surface area contributed by atoms with Crippen LogP contribution in [0, 0.1) is 0 Å². The largest absolute Gasteiger partial charge is 0.226 e. The van der Waals surface area contributed by atoms with E-state index in [2.05, 4.69) is 0 Å². The molecule has 1 aromatic carbocycles. The molecule has 1 atom stereocenters. The Kier molecular flexibility index (Phi) is 4.09. The van der Waals surface area contributed by atoms with Crippen molar-refractivity contribution in [2.75, 3.05) is 12.5 Å². The van der Waals surface area contributed by atoms with Crippen LogP contribution >= 0.6 is 23.4 Å². The predicted octanol–water partition coefficient (Wildman–Crippen LogP) is 2.53. The first-order valence-corrected chi connectivity index (χ1v) is 7.86. The van der Waals surface area contributed by atoms with E-state index in [1.165, 1.54) is 6.26 Å². The standard InChI is InChI=1S/C10H13ClO2S2/c1-14-10(11,15(2,12)13)8-9-6-4-3-5-7-9/h3-7H,8H2,1-2H3. The van der Waals surface area contributed by atoms with E-state index in [4.69, 9.17) is 11.6 Å². The van der Waals surface area contributed by atoms with E-state index in [9.17, 15) is 8.42 Å². The highest BCUT2D eigenvalue weighted by atomic mass is 35.5. The molecule has 0 saturated heterocycles. The molecular formula is C10H13ClO2S2. The van der Waals surface area contributed by atoms with E-state index in [1.807, 2.05) is 30.3 Å². The van der Waals surface area contributed by atoms with Crippen LogP contribution in [0.5, 0.6) is 0 Å². The Morgan fingerprint density at radius 3 is 2.27 bits per heavy atom. The molecule has 0 heterocycles. The van der Waals surface area contributed by atoms with Crippen LogP contribution in [0.3, 0.4) is 0 Å². The Morgan fingerprint density at radius 1 is 1.33 bits per heavy atom. The zero-order chi connectivity index (χ0) is 11.5. The summed E-state index contributed by atoms with van der Waals surface area (Å²) in [6, 6.07) is 9.38. The number of benzene rings is 1. The van der Waals surface area contributed by atoms with Crippen molar-refractivity contribution < 1.29 is 8.42 Å². The molecule has 0 spiro atoms. The van der Waals surface area contributed by atoms with Gasteiger partial charge < -0.3 is 0 Å². The van der Waals surface area contributed by atoms with Gasteiger partial charge in [0.2, 0.25) is 0 Å². The number of alkyl halides is 1. The van der Waals surface area contributed by atoms with Gasteiger partial charge in [-0.1, -0.05) is 41.9 Å². The summed E-state index contributed by atoms with van der Waals surface area (Å²) < 4.78 is 21.8. The highest BCUT2D eigenvalue weighted by molar-refractivity contribution is 8.15. The number of rotatable bonds is 4. The van der Waals surface area contributed by atoms with Crippen LogP contribution in [0.2, 0.25) is 0 Å². The second-order valence-electron chi connectivity index (χ2n) is 3.30. The first-order chi connectivity index (χ1) is 6.89. The molecule has 0 aliphatic carbocycles. The lowest BCUT2D eigenvalue weighted by atomic mass is 10.2. The third kappa shape index (κ3) is 3.13. The third-order valence-corrected chi connectivity index (χ3v) is 6.97. The normalized spacial score (nSPS) is 15.9. The maximum Gasteiger partial charge on any atom is 0.194 e. The molecular weight excluding hydrogens is 252 g/mol. The van der Waals surface area contributed by atoms with Gasteiger partial charge in [-0.2, -0.15) is 0 Å². The summed E-state index contributed by atoms with van der Waals surface area (Å²) in [7, 11) is -3.28. The Labute approximate surface area is 99.9 Å². The predicted molar refractivity (Wildman–Crippen MR) is 67.1 cm³/mol. The molecule has 0 aromatic heterocycles. The zero-order valence-corrected chi connectivity index (χ0v) is 11.0. The Morgan fingerprint density at radius 2 is 1.87 bits per heavy atom. The Hall–Kier alpha value is -0.190. The maximum absolute atomic E-state index is 11.5. The van der Waals surface area contributed by atoms with Crippen molar-refractivity contribution in [3.8, 4) is 0 Å².